The van der Waals surface area contributed by atoms with Gasteiger partial charge < -0.3 is 15.7 Å². The number of carbonyl (C=O) groups is 2. The molecule has 5 nitrogen and oxygen atoms in total. The molecule has 0 heterocycles. The van der Waals surface area contributed by atoms with E-state index in [1.807, 2.05) is 0 Å². The van der Waals surface area contributed by atoms with Crippen LogP contribution < -0.4 is 10.6 Å². The van der Waals surface area contributed by atoms with Gasteiger partial charge in [0.05, 0.1) is 5.92 Å². The average Bonchev–Trinajstić information content (AvgIpc) is 2.89. The van der Waals surface area contributed by atoms with E-state index >= 15 is 0 Å². The number of hydrogen-bond donors (Lipinski definition) is 3. The van der Waals surface area contributed by atoms with Gasteiger partial charge in [-0.25, -0.2) is 13.6 Å². The van der Waals surface area contributed by atoms with Gasteiger partial charge in [0.2, 0.25) is 0 Å². The number of carboxylic acids is 1. The van der Waals surface area contributed by atoms with Crippen molar-refractivity contribution in [3.8, 4) is 0 Å². The summed E-state index contributed by atoms with van der Waals surface area (Å²) < 4.78 is 25.7. The first-order chi connectivity index (χ1) is 9.95. The first-order valence-electron chi connectivity index (χ1n) is 6.67. The van der Waals surface area contributed by atoms with Gasteiger partial charge in [0, 0.05) is 12.6 Å². The van der Waals surface area contributed by atoms with Gasteiger partial charge in [-0.2, -0.15) is 0 Å². The van der Waals surface area contributed by atoms with Crippen molar-refractivity contribution >= 4 is 12.0 Å². The van der Waals surface area contributed by atoms with Gasteiger partial charge in [-0.15, -0.1) is 0 Å². The van der Waals surface area contributed by atoms with E-state index in [1.54, 1.807) is 0 Å². The molecule has 0 spiro atoms. The maximum atomic E-state index is 13.0. The van der Waals surface area contributed by atoms with E-state index in [4.69, 9.17) is 5.11 Å². The second-order valence-corrected chi connectivity index (χ2v) is 5.12. The summed E-state index contributed by atoms with van der Waals surface area (Å²) in [6.45, 7) is 0.0676. The number of carboxylic acid groups (broad SMARTS) is 1. The molecule has 2 atom stereocenters. The standard InChI is InChI=1S/C14H16F2N2O3/c15-11-4-1-8(5-12(11)16)7-17-14(21)18-10-3-2-9(6-10)13(19)20/h1,4-5,9-10H,2-3,6-7H2,(H,19,20)(H2,17,18,21). The lowest BCUT2D eigenvalue weighted by Crippen LogP contribution is -2.40. The molecular formula is C14H16F2N2O3. The molecule has 2 rings (SSSR count). The molecule has 0 aliphatic heterocycles. The van der Waals surface area contributed by atoms with Crippen molar-refractivity contribution in [3.05, 3.63) is 35.4 Å². The molecule has 2 unspecified atom stereocenters. The molecule has 1 aliphatic carbocycles. The zero-order valence-electron chi connectivity index (χ0n) is 11.2. The maximum absolute atomic E-state index is 13.0. The van der Waals surface area contributed by atoms with Crippen molar-refractivity contribution in [2.45, 2.75) is 31.8 Å². The predicted molar refractivity (Wildman–Crippen MR) is 70.5 cm³/mol. The number of halogens is 2. The highest BCUT2D eigenvalue weighted by Crippen LogP contribution is 2.25. The summed E-state index contributed by atoms with van der Waals surface area (Å²) in [5.41, 5.74) is 0.443. The Morgan fingerprint density at radius 3 is 2.62 bits per heavy atom. The van der Waals surface area contributed by atoms with Gasteiger partial charge in [-0.05, 0) is 37.0 Å². The summed E-state index contributed by atoms with van der Waals surface area (Å²) >= 11 is 0. The molecule has 21 heavy (non-hydrogen) atoms. The first-order valence-corrected chi connectivity index (χ1v) is 6.67. The van der Waals surface area contributed by atoms with Gasteiger partial charge in [-0.3, -0.25) is 4.79 Å². The zero-order chi connectivity index (χ0) is 15.4. The monoisotopic (exact) mass is 298 g/mol. The van der Waals surface area contributed by atoms with Crippen LogP contribution in [-0.2, 0) is 11.3 Å². The molecule has 1 saturated carbocycles. The third-order valence-corrected chi connectivity index (χ3v) is 3.55. The van der Waals surface area contributed by atoms with E-state index in [1.165, 1.54) is 6.07 Å². The average molecular weight is 298 g/mol. The molecule has 1 aliphatic rings. The Labute approximate surface area is 120 Å². The molecule has 0 radical (unpaired) electrons. The van der Waals surface area contributed by atoms with Crippen LogP contribution >= 0.6 is 0 Å². The van der Waals surface area contributed by atoms with Gasteiger partial charge in [-0.1, -0.05) is 6.07 Å². The quantitative estimate of drug-likeness (QED) is 0.795. The number of hydrogen-bond acceptors (Lipinski definition) is 2. The van der Waals surface area contributed by atoms with Crippen LogP contribution in [0.3, 0.4) is 0 Å². The van der Waals surface area contributed by atoms with Crippen molar-refractivity contribution in [2.75, 3.05) is 0 Å². The lowest BCUT2D eigenvalue weighted by molar-refractivity contribution is -0.141. The van der Waals surface area contributed by atoms with Crippen LogP contribution in [-0.4, -0.2) is 23.1 Å². The molecule has 3 N–H and O–H groups in total. The van der Waals surface area contributed by atoms with Crippen LogP contribution in [0.5, 0.6) is 0 Å². The maximum Gasteiger partial charge on any atom is 0.315 e. The molecule has 114 valence electrons. The Morgan fingerprint density at radius 1 is 1.24 bits per heavy atom. The van der Waals surface area contributed by atoms with Crippen LogP contribution in [0.25, 0.3) is 0 Å². The minimum Gasteiger partial charge on any atom is -0.481 e. The van der Waals surface area contributed by atoms with E-state index in [0.717, 1.165) is 12.1 Å². The number of aliphatic carboxylic acids is 1. The van der Waals surface area contributed by atoms with E-state index in [9.17, 15) is 18.4 Å². The van der Waals surface area contributed by atoms with Crippen molar-refractivity contribution in [1.29, 1.82) is 0 Å². The highest BCUT2D eigenvalue weighted by Gasteiger charge is 2.30. The number of benzene rings is 1. The second kappa shape index (κ2) is 6.51. The number of rotatable bonds is 4. The zero-order valence-corrected chi connectivity index (χ0v) is 11.2. The molecule has 1 aromatic carbocycles. The lowest BCUT2D eigenvalue weighted by Gasteiger charge is -2.13. The molecule has 7 heteroatoms. The van der Waals surface area contributed by atoms with E-state index in [2.05, 4.69) is 10.6 Å². The molecule has 1 aromatic rings. The molecule has 1 fully saturated rings. The van der Waals surface area contributed by atoms with Crippen molar-refractivity contribution in [2.24, 2.45) is 5.92 Å². The fourth-order valence-corrected chi connectivity index (χ4v) is 2.41. The number of nitrogens with one attached hydrogen (secondary N) is 2. The summed E-state index contributed by atoms with van der Waals surface area (Å²) in [5.74, 6) is -3.16. The minimum absolute atomic E-state index is 0.0676. The van der Waals surface area contributed by atoms with Crippen molar-refractivity contribution in [1.82, 2.24) is 10.6 Å². The third kappa shape index (κ3) is 4.14. The highest BCUT2D eigenvalue weighted by atomic mass is 19.2. The normalized spacial score (nSPS) is 21.0. The summed E-state index contributed by atoms with van der Waals surface area (Å²) in [6, 6.07) is 2.78. The number of amides is 2. The van der Waals surface area contributed by atoms with Crippen LogP contribution in [0.4, 0.5) is 13.6 Å². The lowest BCUT2D eigenvalue weighted by atomic mass is 10.1. The van der Waals surface area contributed by atoms with E-state index < -0.39 is 29.6 Å². The van der Waals surface area contributed by atoms with Gasteiger partial charge >= 0.3 is 12.0 Å². The van der Waals surface area contributed by atoms with Crippen LogP contribution in [0, 0.1) is 17.6 Å². The Hall–Kier alpha value is -2.18. The Morgan fingerprint density at radius 2 is 2.00 bits per heavy atom. The Kier molecular flexibility index (Phi) is 4.72. The number of carbonyl (C=O) groups excluding carboxylic acids is 1. The van der Waals surface area contributed by atoms with E-state index in [-0.39, 0.29) is 12.6 Å². The largest absolute Gasteiger partial charge is 0.481 e. The van der Waals surface area contributed by atoms with Gasteiger partial charge in [0.15, 0.2) is 11.6 Å². The summed E-state index contributed by atoms with van der Waals surface area (Å²) in [4.78, 5) is 22.5. The molecule has 0 saturated heterocycles. The van der Waals surface area contributed by atoms with E-state index in [0.29, 0.717) is 24.8 Å². The Bertz CT molecular complexity index is 551. The van der Waals surface area contributed by atoms with Gasteiger partial charge in [0.1, 0.15) is 0 Å². The summed E-state index contributed by atoms with van der Waals surface area (Å²) in [6.07, 6.45) is 1.58. The van der Waals surface area contributed by atoms with Crippen molar-refractivity contribution in [3.63, 3.8) is 0 Å². The fraction of sp³-hybridized carbons (Fsp3) is 0.429. The van der Waals surface area contributed by atoms with Gasteiger partial charge in [0.25, 0.3) is 0 Å². The van der Waals surface area contributed by atoms with Crippen LogP contribution in [0.1, 0.15) is 24.8 Å². The number of urea groups is 1. The Balaban J connectivity index is 1.77. The minimum atomic E-state index is -0.963. The second-order valence-electron chi connectivity index (χ2n) is 5.12. The smallest absolute Gasteiger partial charge is 0.315 e. The molecule has 0 aromatic heterocycles. The molecule has 0 bridgehead atoms. The molecular weight excluding hydrogens is 282 g/mol. The highest BCUT2D eigenvalue weighted by molar-refractivity contribution is 5.75. The van der Waals surface area contributed by atoms with Crippen LogP contribution in [0.15, 0.2) is 18.2 Å². The van der Waals surface area contributed by atoms with Crippen molar-refractivity contribution < 1.29 is 23.5 Å². The summed E-state index contributed by atoms with van der Waals surface area (Å²) in [7, 11) is 0. The SMILES string of the molecule is O=C(NCc1ccc(F)c(F)c1)NC1CCC(C(=O)O)C1. The first kappa shape index (κ1) is 15.2. The summed E-state index contributed by atoms with van der Waals surface area (Å²) in [5, 5.41) is 14.1. The predicted octanol–water partition coefficient (Wildman–Crippen LogP) is 2.02. The topological polar surface area (TPSA) is 78.4 Å². The third-order valence-electron chi connectivity index (χ3n) is 3.55. The van der Waals surface area contributed by atoms with Crippen LogP contribution in [0.2, 0.25) is 0 Å². The fourth-order valence-electron chi connectivity index (χ4n) is 2.41. The molecule has 2 amide bonds.